The van der Waals surface area contributed by atoms with Crippen LogP contribution in [-0.2, 0) is 0 Å². The molecule has 1 saturated heterocycles. The minimum Gasteiger partial charge on any atom is -0.480 e. The lowest BCUT2D eigenvalue weighted by Crippen LogP contribution is -2.30. The predicted molar refractivity (Wildman–Crippen MR) is 88.5 cm³/mol. The Kier molecular flexibility index (Phi) is 4.55. The first-order valence-electron chi connectivity index (χ1n) is 6.88. The predicted octanol–water partition coefficient (Wildman–Crippen LogP) is 3.63. The van der Waals surface area contributed by atoms with E-state index >= 15 is 0 Å². The van der Waals surface area contributed by atoms with E-state index in [1.165, 1.54) is 7.11 Å². The highest BCUT2D eigenvalue weighted by Gasteiger charge is 2.32. The van der Waals surface area contributed by atoms with E-state index in [0.717, 1.165) is 11.3 Å². The molecule has 2 heterocycles. The normalized spacial score (nSPS) is 17.5. The van der Waals surface area contributed by atoms with Crippen molar-refractivity contribution in [3.8, 4) is 5.88 Å². The maximum absolute atomic E-state index is 12.9. The van der Waals surface area contributed by atoms with Gasteiger partial charge in [0.2, 0.25) is 5.88 Å². The fourth-order valence-corrected chi connectivity index (χ4v) is 3.93. The van der Waals surface area contributed by atoms with Crippen molar-refractivity contribution in [2.24, 2.45) is 0 Å². The topological polar surface area (TPSA) is 42.4 Å². The summed E-state index contributed by atoms with van der Waals surface area (Å²) in [5.74, 6) is 1.18. The number of thioether (sulfide) groups is 1. The molecule has 114 valence electrons. The average Bonchev–Trinajstić information content (AvgIpc) is 3.03. The van der Waals surface area contributed by atoms with Crippen molar-refractivity contribution >= 4 is 29.3 Å². The van der Waals surface area contributed by atoms with E-state index in [-0.39, 0.29) is 11.3 Å². The van der Waals surface area contributed by atoms with Crippen LogP contribution in [0.4, 0.5) is 0 Å². The molecule has 1 aromatic heterocycles. The van der Waals surface area contributed by atoms with Crippen LogP contribution in [0.1, 0.15) is 21.3 Å². The highest BCUT2D eigenvalue weighted by Crippen LogP contribution is 2.39. The van der Waals surface area contributed by atoms with Gasteiger partial charge in [0.1, 0.15) is 10.9 Å². The lowest BCUT2D eigenvalue weighted by atomic mass is 10.1. The second kappa shape index (κ2) is 6.58. The zero-order valence-electron chi connectivity index (χ0n) is 12.0. The van der Waals surface area contributed by atoms with Crippen LogP contribution < -0.4 is 4.74 Å². The van der Waals surface area contributed by atoms with E-state index in [9.17, 15) is 4.79 Å². The Balaban J connectivity index is 1.91. The number of benzene rings is 1. The van der Waals surface area contributed by atoms with Gasteiger partial charge in [0.25, 0.3) is 5.91 Å². The lowest BCUT2D eigenvalue weighted by Gasteiger charge is -2.24. The summed E-state index contributed by atoms with van der Waals surface area (Å²) in [7, 11) is 1.52. The first kappa shape index (κ1) is 15.2. The van der Waals surface area contributed by atoms with Crippen molar-refractivity contribution in [1.29, 1.82) is 0 Å². The molecule has 2 aromatic rings. The molecule has 0 spiro atoms. The molecule has 1 fully saturated rings. The molecule has 1 aliphatic heterocycles. The molecule has 6 heteroatoms. The monoisotopic (exact) mass is 334 g/mol. The van der Waals surface area contributed by atoms with Crippen molar-refractivity contribution in [2.75, 3.05) is 19.4 Å². The second-order valence-corrected chi connectivity index (χ2v) is 6.46. The summed E-state index contributed by atoms with van der Waals surface area (Å²) in [5, 5.41) is 0.646. The van der Waals surface area contributed by atoms with Gasteiger partial charge in [-0.1, -0.05) is 23.7 Å². The van der Waals surface area contributed by atoms with Gasteiger partial charge in [-0.2, -0.15) is 0 Å². The van der Waals surface area contributed by atoms with Crippen molar-refractivity contribution in [2.45, 2.75) is 5.37 Å². The molecule has 0 bridgehead atoms. The van der Waals surface area contributed by atoms with Crippen LogP contribution in [-0.4, -0.2) is 35.2 Å². The third-order valence-electron chi connectivity index (χ3n) is 3.48. The summed E-state index contributed by atoms with van der Waals surface area (Å²) < 4.78 is 5.20. The highest BCUT2D eigenvalue weighted by molar-refractivity contribution is 7.99. The number of carbonyl (C=O) groups is 1. The number of nitrogens with zero attached hydrogens (tertiary/aromatic N) is 2. The number of methoxy groups -OCH3 is 1. The minimum absolute atomic E-state index is 0.0314. The molecule has 1 unspecified atom stereocenters. The van der Waals surface area contributed by atoms with Crippen LogP contribution in [0, 0.1) is 0 Å². The van der Waals surface area contributed by atoms with Crippen LogP contribution in [0.2, 0.25) is 5.02 Å². The van der Waals surface area contributed by atoms with Gasteiger partial charge in [-0.3, -0.25) is 4.79 Å². The number of carbonyl (C=O) groups excluding carboxylic acids is 1. The van der Waals surface area contributed by atoms with Gasteiger partial charge < -0.3 is 9.64 Å². The van der Waals surface area contributed by atoms with E-state index in [2.05, 4.69) is 4.98 Å². The molecule has 1 atom stereocenters. The molecule has 3 rings (SSSR count). The number of rotatable bonds is 3. The Morgan fingerprint density at radius 2 is 2.27 bits per heavy atom. The van der Waals surface area contributed by atoms with Crippen LogP contribution in [0.3, 0.4) is 0 Å². The molecule has 0 aliphatic carbocycles. The first-order valence-corrected chi connectivity index (χ1v) is 8.30. The summed E-state index contributed by atoms with van der Waals surface area (Å²) >= 11 is 7.81. The van der Waals surface area contributed by atoms with Gasteiger partial charge in [0, 0.05) is 23.5 Å². The number of halogens is 1. The zero-order chi connectivity index (χ0) is 15.5. The molecule has 22 heavy (non-hydrogen) atoms. The second-order valence-electron chi connectivity index (χ2n) is 4.84. The number of aromatic nitrogens is 1. The van der Waals surface area contributed by atoms with Crippen molar-refractivity contribution in [1.82, 2.24) is 9.88 Å². The largest absolute Gasteiger partial charge is 0.480 e. The standard InChI is InChI=1S/C16H15ClN2O2S/c1-21-14-13(6-3-7-18-14)15(20)19-8-9-22-16(19)11-4-2-5-12(17)10-11/h2-7,10,16H,8-9H2,1H3. The third kappa shape index (κ3) is 2.91. The van der Waals surface area contributed by atoms with Gasteiger partial charge in [-0.25, -0.2) is 4.98 Å². The Labute approximate surface area is 138 Å². The summed E-state index contributed by atoms with van der Waals surface area (Å²) in [6.45, 7) is 0.693. The Morgan fingerprint density at radius 1 is 1.41 bits per heavy atom. The lowest BCUT2D eigenvalue weighted by molar-refractivity contribution is 0.0756. The summed E-state index contributed by atoms with van der Waals surface area (Å²) in [5.41, 5.74) is 1.52. The molecule has 1 aliphatic rings. The molecule has 1 amide bonds. The molecule has 0 saturated carbocycles. The quantitative estimate of drug-likeness (QED) is 0.859. The fourth-order valence-electron chi connectivity index (χ4n) is 2.49. The van der Waals surface area contributed by atoms with Gasteiger partial charge in [-0.05, 0) is 29.8 Å². The Bertz CT molecular complexity index is 695. The van der Waals surface area contributed by atoms with Gasteiger partial charge in [-0.15, -0.1) is 11.8 Å². The van der Waals surface area contributed by atoms with Crippen LogP contribution in [0.5, 0.6) is 5.88 Å². The SMILES string of the molecule is COc1ncccc1C(=O)N1CCSC1c1cccc(Cl)c1. The number of pyridine rings is 1. The van der Waals surface area contributed by atoms with Crippen molar-refractivity contribution < 1.29 is 9.53 Å². The molecule has 1 aromatic carbocycles. The minimum atomic E-state index is -0.0695. The molecular weight excluding hydrogens is 320 g/mol. The Hall–Kier alpha value is -1.72. The number of ether oxygens (including phenoxy) is 1. The fraction of sp³-hybridized carbons (Fsp3) is 0.250. The molecule has 0 radical (unpaired) electrons. The smallest absolute Gasteiger partial charge is 0.260 e. The average molecular weight is 335 g/mol. The van der Waals surface area contributed by atoms with Gasteiger partial charge in [0.15, 0.2) is 0 Å². The van der Waals surface area contributed by atoms with Crippen LogP contribution >= 0.6 is 23.4 Å². The zero-order valence-corrected chi connectivity index (χ0v) is 13.6. The number of amides is 1. The summed E-state index contributed by atoms with van der Waals surface area (Å²) in [6.07, 6.45) is 1.61. The van der Waals surface area contributed by atoms with Crippen molar-refractivity contribution in [3.05, 3.63) is 58.7 Å². The van der Waals surface area contributed by atoms with Crippen LogP contribution in [0.25, 0.3) is 0 Å². The highest BCUT2D eigenvalue weighted by atomic mass is 35.5. The van der Waals surface area contributed by atoms with E-state index in [0.29, 0.717) is 23.0 Å². The molecule has 0 N–H and O–H groups in total. The Morgan fingerprint density at radius 3 is 3.05 bits per heavy atom. The van der Waals surface area contributed by atoms with E-state index in [4.69, 9.17) is 16.3 Å². The maximum Gasteiger partial charge on any atom is 0.260 e. The molecule has 4 nitrogen and oxygen atoms in total. The summed E-state index contributed by atoms with van der Waals surface area (Å²) in [6, 6.07) is 11.1. The van der Waals surface area contributed by atoms with Crippen molar-refractivity contribution in [3.63, 3.8) is 0 Å². The maximum atomic E-state index is 12.9. The van der Waals surface area contributed by atoms with Gasteiger partial charge in [0.05, 0.1) is 7.11 Å². The number of hydrogen-bond donors (Lipinski definition) is 0. The van der Waals surface area contributed by atoms with Crippen LogP contribution in [0.15, 0.2) is 42.6 Å². The number of hydrogen-bond acceptors (Lipinski definition) is 4. The van der Waals surface area contributed by atoms with E-state index in [1.807, 2.05) is 29.2 Å². The van der Waals surface area contributed by atoms with Gasteiger partial charge >= 0.3 is 0 Å². The molecular formula is C16H15ClN2O2S. The van der Waals surface area contributed by atoms with E-state index in [1.54, 1.807) is 30.1 Å². The third-order valence-corrected chi connectivity index (χ3v) is 4.98. The first-order chi connectivity index (χ1) is 10.7. The summed E-state index contributed by atoms with van der Waals surface area (Å²) in [4.78, 5) is 18.8. The van der Waals surface area contributed by atoms with E-state index < -0.39 is 0 Å².